The van der Waals surface area contributed by atoms with E-state index < -0.39 is 6.04 Å². The first-order chi connectivity index (χ1) is 6.87. The molecule has 0 radical (unpaired) electrons. The molecule has 4 nitrogen and oxygen atoms in total. The predicted octanol–water partition coefficient (Wildman–Crippen LogP) is 0.316. The van der Waals surface area contributed by atoms with Crippen LogP contribution in [0.4, 0.5) is 0 Å². The van der Waals surface area contributed by atoms with Gasteiger partial charge in [0, 0.05) is 0 Å². The van der Waals surface area contributed by atoms with E-state index in [0.29, 0.717) is 13.0 Å². The number of carbonyl (C=O) groups is 1. The molecule has 0 unspecified atom stereocenters. The largest absolute Gasteiger partial charge is 0.459 e. The summed E-state index contributed by atoms with van der Waals surface area (Å²) in [6.45, 7) is 1.25. The Labute approximate surface area is 96.7 Å². The maximum absolute atomic E-state index is 11.4. The summed E-state index contributed by atoms with van der Waals surface area (Å²) in [5.74, 6) is 0.614. The second-order valence-corrected chi connectivity index (χ2v) is 5.55. The SMILES string of the molecule is CSCC[C@H](N)C(=O)OCC[N+](C)(C)C. The number of hydrogen-bond donors (Lipinski definition) is 1. The molecule has 0 aromatic rings. The highest BCUT2D eigenvalue weighted by molar-refractivity contribution is 7.98. The number of ether oxygens (including phenoxy) is 1. The summed E-state index contributed by atoms with van der Waals surface area (Å²) in [6, 6.07) is -0.468. The summed E-state index contributed by atoms with van der Waals surface area (Å²) in [4.78, 5) is 11.4. The van der Waals surface area contributed by atoms with Crippen LogP contribution >= 0.6 is 11.8 Å². The molecule has 0 bridgehead atoms. The van der Waals surface area contributed by atoms with Crippen molar-refractivity contribution in [2.24, 2.45) is 5.73 Å². The van der Waals surface area contributed by atoms with Crippen molar-refractivity contribution in [3.63, 3.8) is 0 Å². The number of rotatable bonds is 7. The fourth-order valence-electron chi connectivity index (χ4n) is 0.890. The van der Waals surface area contributed by atoms with Crippen molar-refractivity contribution in [3.05, 3.63) is 0 Å². The first-order valence-electron chi connectivity index (χ1n) is 5.08. The maximum atomic E-state index is 11.4. The zero-order chi connectivity index (χ0) is 11.9. The zero-order valence-corrected chi connectivity index (χ0v) is 11.0. The third kappa shape index (κ3) is 8.72. The molecule has 0 rings (SSSR count). The van der Waals surface area contributed by atoms with Gasteiger partial charge in [-0.2, -0.15) is 11.8 Å². The van der Waals surface area contributed by atoms with E-state index in [4.69, 9.17) is 10.5 Å². The quantitative estimate of drug-likeness (QED) is 0.510. The van der Waals surface area contributed by atoms with Crippen LogP contribution in [-0.2, 0) is 9.53 Å². The normalized spacial score (nSPS) is 13.7. The van der Waals surface area contributed by atoms with Gasteiger partial charge in [-0.3, -0.25) is 4.79 Å². The average Bonchev–Trinajstić information content (AvgIpc) is 2.11. The highest BCUT2D eigenvalue weighted by atomic mass is 32.2. The number of carbonyl (C=O) groups excluding carboxylic acids is 1. The Bertz CT molecular complexity index is 192. The van der Waals surface area contributed by atoms with E-state index in [1.165, 1.54) is 0 Å². The molecular weight excluding hydrogens is 212 g/mol. The van der Waals surface area contributed by atoms with Gasteiger partial charge in [-0.1, -0.05) is 0 Å². The van der Waals surface area contributed by atoms with Crippen molar-refractivity contribution in [3.8, 4) is 0 Å². The summed E-state index contributed by atoms with van der Waals surface area (Å²) in [5, 5.41) is 0. The Kier molecular flexibility index (Phi) is 6.96. The van der Waals surface area contributed by atoms with Gasteiger partial charge in [-0.05, 0) is 18.4 Å². The van der Waals surface area contributed by atoms with E-state index in [2.05, 4.69) is 21.1 Å². The molecule has 2 N–H and O–H groups in total. The lowest BCUT2D eigenvalue weighted by atomic mass is 10.2. The van der Waals surface area contributed by atoms with Crippen LogP contribution in [0.1, 0.15) is 6.42 Å². The van der Waals surface area contributed by atoms with Gasteiger partial charge in [0.05, 0.1) is 21.1 Å². The number of hydrogen-bond acceptors (Lipinski definition) is 4. The standard InChI is InChI=1S/C10H23N2O2S/c1-12(2,3)6-7-14-10(13)9(11)5-8-15-4/h9H,5-8,11H2,1-4H3/q+1/t9-/m0/s1. The molecule has 0 aliphatic rings. The molecule has 15 heavy (non-hydrogen) atoms. The van der Waals surface area contributed by atoms with Crippen molar-refractivity contribution in [1.82, 2.24) is 0 Å². The summed E-state index contributed by atoms with van der Waals surface area (Å²) >= 11 is 1.68. The third-order valence-electron chi connectivity index (χ3n) is 1.94. The first-order valence-corrected chi connectivity index (χ1v) is 6.48. The van der Waals surface area contributed by atoms with Gasteiger partial charge in [0.2, 0.25) is 0 Å². The number of nitrogens with two attached hydrogens (primary N) is 1. The van der Waals surface area contributed by atoms with Gasteiger partial charge in [-0.25, -0.2) is 0 Å². The minimum Gasteiger partial charge on any atom is -0.459 e. The summed E-state index contributed by atoms with van der Waals surface area (Å²) < 4.78 is 5.87. The first kappa shape index (κ1) is 14.7. The number of esters is 1. The van der Waals surface area contributed by atoms with E-state index in [9.17, 15) is 4.79 Å². The number of nitrogens with zero attached hydrogens (tertiary/aromatic N) is 1. The van der Waals surface area contributed by atoms with Crippen LogP contribution in [-0.4, -0.2) is 62.8 Å². The Morgan fingerprint density at radius 3 is 2.53 bits per heavy atom. The lowest BCUT2D eigenvalue weighted by molar-refractivity contribution is -0.870. The van der Waals surface area contributed by atoms with Gasteiger partial charge in [0.25, 0.3) is 0 Å². The molecule has 90 valence electrons. The van der Waals surface area contributed by atoms with E-state index in [0.717, 1.165) is 16.8 Å². The van der Waals surface area contributed by atoms with E-state index in [1.54, 1.807) is 11.8 Å². The second-order valence-electron chi connectivity index (χ2n) is 4.57. The lowest BCUT2D eigenvalue weighted by Gasteiger charge is -2.23. The Morgan fingerprint density at radius 2 is 2.07 bits per heavy atom. The molecule has 1 atom stereocenters. The highest BCUT2D eigenvalue weighted by Gasteiger charge is 2.15. The zero-order valence-electron chi connectivity index (χ0n) is 10.2. The molecule has 0 aliphatic carbocycles. The molecule has 5 heteroatoms. The molecular formula is C10H23N2O2S+. The Morgan fingerprint density at radius 1 is 1.47 bits per heavy atom. The minimum atomic E-state index is -0.468. The molecule has 0 aliphatic heterocycles. The van der Waals surface area contributed by atoms with Gasteiger partial charge in [-0.15, -0.1) is 0 Å². The predicted molar refractivity (Wildman–Crippen MR) is 64.8 cm³/mol. The van der Waals surface area contributed by atoms with Crippen molar-refractivity contribution in [2.75, 3.05) is 46.3 Å². The minimum absolute atomic E-state index is 0.280. The lowest BCUT2D eigenvalue weighted by Crippen LogP contribution is -2.40. The van der Waals surface area contributed by atoms with Crippen LogP contribution in [0.2, 0.25) is 0 Å². The van der Waals surface area contributed by atoms with Gasteiger partial charge < -0.3 is 15.0 Å². The van der Waals surface area contributed by atoms with Gasteiger partial charge in [0.1, 0.15) is 19.2 Å². The second kappa shape index (κ2) is 7.09. The van der Waals surface area contributed by atoms with Crippen LogP contribution in [0.5, 0.6) is 0 Å². The molecule has 0 aromatic heterocycles. The maximum Gasteiger partial charge on any atom is 0.323 e. The van der Waals surface area contributed by atoms with Crippen LogP contribution in [0.25, 0.3) is 0 Å². The number of quaternary nitrogens is 1. The van der Waals surface area contributed by atoms with Crippen LogP contribution in [0.3, 0.4) is 0 Å². The van der Waals surface area contributed by atoms with Crippen molar-refractivity contribution in [2.45, 2.75) is 12.5 Å². The summed E-state index contributed by atoms with van der Waals surface area (Å²) in [5.41, 5.74) is 5.66. The summed E-state index contributed by atoms with van der Waals surface area (Å²) in [6.07, 6.45) is 2.68. The molecule has 0 saturated carbocycles. The fraction of sp³-hybridized carbons (Fsp3) is 0.900. The molecule has 0 aromatic carbocycles. The Balaban J connectivity index is 3.64. The van der Waals surface area contributed by atoms with Crippen molar-refractivity contribution < 1.29 is 14.0 Å². The van der Waals surface area contributed by atoms with E-state index in [-0.39, 0.29) is 5.97 Å². The molecule has 0 amide bonds. The highest BCUT2D eigenvalue weighted by Crippen LogP contribution is 2.00. The molecule has 0 heterocycles. The molecule has 0 saturated heterocycles. The van der Waals surface area contributed by atoms with E-state index >= 15 is 0 Å². The van der Waals surface area contributed by atoms with Crippen LogP contribution in [0, 0.1) is 0 Å². The van der Waals surface area contributed by atoms with Gasteiger partial charge >= 0.3 is 5.97 Å². The van der Waals surface area contributed by atoms with E-state index in [1.807, 2.05) is 6.26 Å². The molecule has 0 spiro atoms. The summed E-state index contributed by atoms with van der Waals surface area (Å²) in [7, 11) is 6.17. The Hall–Kier alpha value is -0.260. The van der Waals surface area contributed by atoms with Crippen molar-refractivity contribution >= 4 is 17.7 Å². The smallest absolute Gasteiger partial charge is 0.323 e. The average molecular weight is 235 g/mol. The monoisotopic (exact) mass is 235 g/mol. The van der Waals surface area contributed by atoms with Crippen LogP contribution < -0.4 is 5.73 Å². The van der Waals surface area contributed by atoms with Crippen LogP contribution in [0.15, 0.2) is 0 Å². The number of likely N-dealkylation sites (N-methyl/N-ethyl adjacent to an activating group) is 1. The number of thioether (sulfide) groups is 1. The van der Waals surface area contributed by atoms with Crippen molar-refractivity contribution in [1.29, 1.82) is 0 Å². The molecule has 0 fully saturated rings. The fourth-order valence-corrected chi connectivity index (χ4v) is 1.38. The third-order valence-corrected chi connectivity index (χ3v) is 2.59. The van der Waals surface area contributed by atoms with Gasteiger partial charge in [0.15, 0.2) is 0 Å². The topological polar surface area (TPSA) is 52.3 Å².